The van der Waals surface area contributed by atoms with Gasteiger partial charge in [0.2, 0.25) is 0 Å². The van der Waals surface area contributed by atoms with Crippen LogP contribution in [0.5, 0.6) is 0 Å². The fourth-order valence-corrected chi connectivity index (χ4v) is 2.56. The van der Waals surface area contributed by atoms with Gasteiger partial charge in [-0.25, -0.2) is 4.68 Å². The van der Waals surface area contributed by atoms with Crippen molar-refractivity contribution in [2.45, 2.75) is 12.4 Å². The van der Waals surface area contributed by atoms with Gasteiger partial charge in [0.05, 0.1) is 11.4 Å². The first-order chi connectivity index (χ1) is 14.0. The molecule has 11 heteroatoms. The van der Waals surface area contributed by atoms with Crippen molar-refractivity contribution in [3.63, 3.8) is 0 Å². The molecule has 0 saturated heterocycles. The van der Waals surface area contributed by atoms with Gasteiger partial charge in [0.15, 0.2) is 5.82 Å². The van der Waals surface area contributed by atoms with Crippen LogP contribution in [0.4, 0.5) is 32.2 Å². The number of alkyl halides is 6. The highest BCUT2D eigenvalue weighted by Crippen LogP contribution is 2.28. The Hall–Kier alpha value is -3.63. The molecule has 0 unspecified atom stereocenters. The molecule has 0 atom stereocenters. The van der Waals surface area contributed by atoms with Crippen molar-refractivity contribution in [2.75, 3.05) is 5.32 Å². The molecule has 1 heterocycles. The Morgan fingerprint density at radius 1 is 0.833 bits per heavy atom. The number of nitrogens with zero attached hydrogens (tertiary/aromatic N) is 2. The highest BCUT2D eigenvalue weighted by atomic mass is 19.4. The van der Waals surface area contributed by atoms with E-state index in [1.807, 2.05) is 0 Å². The molecule has 2 aromatic carbocycles. The van der Waals surface area contributed by atoms with Gasteiger partial charge in [-0.1, -0.05) is 30.3 Å². The highest BCUT2D eigenvalue weighted by molar-refractivity contribution is 6.00. The number of nitrogens with one attached hydrogen (secondary N) is 1. The van der Waals surface area contributed by atoms with Gasteiger partial charge in [-0.15, -0.1) is 5.10 Å². The average Bonchev–Trinajstić information content (AvgIpc) is 3.10. The molecule has 0 spiro atoms. The van der Waals surface area contributed by atoms with Gasteiger partial charge in [-0.05, 0) is 24.3 Å². The lowest BCUT2D eigenvalue weighted by molar-refractivity contribution is -0.167. The monoisotopic (exact) mass is 427 g/mol. The Morgan fingerprint density at radius 2 is 1.43 bits per heavy atom. The first-order valence-electron chi connectivity index (χ1n) is 8.22. The lowest BCUT2D eigenvalue weighted by Crippen LogP contribution is -2.30. The Balaban J connectivity index is 2.02. The maximum atomic E-state index is 12.6. The van der Waals surface area contributed by atoms with Crippen LogP contribution in [0.25, 0.3) is 16.9 Å². The molecule has 1 amide bonds. The molecule has 0 fully saturated rings. The number of amides is 1. The van der Waals surface area contributed by atoms with Crippen LogP contribution in [-0.4, -0.2) is 33.8 Å². The Bertz CT molecular complexity index is 1070. The number of anilines is 1. The fourth-order valence-electron chi connectivity index (χ4n) is 2.56. The molecule has 0 saturated carbocycles. The SMILES string of the molecule is O=C(Nc1cc(-c2ccccc2)n(-c2ccc(C(=O)C(F)(F)F)cc2)n1)C(F)(F)F. The van der Waals surface area contributed by atoms with Crippen molar-refractivity contribution < 1.29 is 35.9 Å². The number of hydrogen-bond donors (Lipinski definition) is 1. The van der Waals surface area contributed by atoms with Crippen LogP contribution in [0.3, 0.4) is 0 Å². The van der Waals surface area contributed by atoms with E-state index in [0.29, 0.717) is 5.56 Å². The van der Waals surface area contributed by atoms with Gasteiger partial charge < -0.3 is 5.32 Å². The molecule has 0 radical (unpaired) electrons. The summed E-state index contributed by atoms with van der Waals surface area (Å²) < 4.78 is 76.4. The Labute approximate surface area is 164 Å². The lowest BCUT2D eigenvalue weighted by atomic mass is 10.1. The quantitative estimate of drug-likeness (QED) is 0.481. The molecular weight excluding hydrogens is 416 g/mol. The summed E-state index contributed by atoms with van der Waals surface area (Å²) in [5, 5.41) is 5.54. The van der Waals surface area contributed by atoms with E-state index in [4.69, 9.17) is 0 Å². The predicted molar refractivity (Wildman–Crippen MR) is 94.1 cm³/mol. The van der Waals surface area contributed by atoms with Crippen LogP contribution in [-0.2, 0) is 4.79 Å². The fraction of sp³-hybridized carbons (Fsp3) is 0.105. The average molecular weight is 427 g/mol. The van der Waals surface area contributed by atoms with Crippen molar-refractivity contribution in [3.8, 4) is 16.9 Å². The van der Waals surface area contributed by atoms with Crippen LogP contribution in [0.2, 0.25) is 0 Å². The van der Waals surface area contributed by atoms with E-state index in [-0.39, 0.29) is 11.4 Å². The molecular formula is C19H11F6N3O2. The first-order valence-corrected chi connectivity index (χ1v) is 8.22. The summed E-state index contributed by atoms with van der Waals surface area (Å²) in [5.41, 5.74) is 0.348. The first kappa shape index (κ1) is 21.1. The summed E-state index contributed by atoms with van der Waals surface area (Å²) in [5.74, 6) is -4.67. The number of halogens is 6. The molecule has 1 aromatic heterocycles. The van der Waals surface area contributed by atoms with Crippen LogP contribution >= 0.6 is 0 Å². The second-order valence-corrected chi connectivity index (χ2v) is 6.02. The number of carbonyl (C=O) groups is 2. The minimum Gasteiger partial charge on any atom is -0.301 e. The smallest absolute Gasteiger partial charge is 0.301 e. The largest absolute Gasteiger partial charge is 0.471 e. The van der Waals surface area contributed by atoms with E-state index in [2.05, 4.69) is 5.10 Å². The third-order valence-electron chi connectivity index (χ3n) is 3.91. The van der Waals surface area contributed by atoms with Gasteiger partial charge in [0.1, 0.15) is 0 Å². The predicted octanol–water partition coefficient (Wildman–Crippen LogP) is 4.79. The summed E-state index contributed by atoms with van der Waals surface area (Å²) in [6, 6.07) is 13.6. The van der Waals surface area contributed by atoms with Crippen molar-refractivity contribution in [1.82, 2.24) is 9.78 Å². The molecule has 0 aliphatic heterocycles. The normalized spacial score (nSPS) is 11.9. The number of benzene rings is 2. The van der Waals surface area contributed by atoms with E-state index in [1.54, 1.807) is 35.6 Å². The molecule has 0 aliphatic carbocycles. The van der Waals surface area contributed by atoms with Crippen molar-refractivity contribution in [1.29, 1.82) is 0 Å². The van der Waals surface area contributed by atoms with Gasteiger partial charge in [-0.3, -0.25) is 9.59 Å². The van der Waals surface area contributed by atoms with E-state index in [1.165, 1.54) is 6.07 Å². The number of Topliss-reactive ketones (excluding diaryl/α,β-unsaturated/α-hetero) is 1. The van der Waals surface area contributed by atoms with Crippen molar-refractivity contribution >= 4 is 17.5 Å². The Morgan fingerprint density at radius 3 is 1.97 bits per heavy atom. The summed E-state index contributed by atoms with van der Waals surface area (Å²) in [4.78, 5) is 22.5. The van der Waals surface area contributed by atoms with Gasteiger partial charge >= 0.3 is 18.3 Å². The minimum absolute atomic E-state index is 0.167. The van der Waals surface area contributed by atoms with Gasteiger partial charge in [-0.2, -0.15) is 26.3 Å². The number of hydrogen-bond acceptors (Lipinski definition) is 3. The molecule has 0 bridgehead atoms. The van der Waals surface area contributed by atoms with Crippen LogP contribution in [0, 0.1) is 0 Å². The summed E-state index contributed by atoms with van der Waals surface area (Å²) in [7, 11) is 0. The van der Waals surface area contributed by atoms with E-state index in [9.17, 15) is 35.9 Å². The summed E-state index contributed by atoms with van der Waals surface area (Å²) >= 11 is 0. The number of carbonyl (C=O) groups excluding carboxylic acids is 2. The van der Waals surface area contributed by atoms with E-state index in [0.717, 1.165) is 28.9 Å². The number of aromatic nitrogens is 2. The molecule has 3 rings (SSSR count). The zero-order valence-electron chi connectivity index (χ0n) is 14.8. The summed E-state index contributed by atoms with van der Waals surface area (Å²) in [6.45, 7) is 0. The topological polar surface area (TPSA) is 64.0 Å². The zero-order valence-corrected chi connectivity index (χ0v) is 14.8. The van der Waals surface area contributed by atoms with Crippen LogP contribution in [0.15, 0.2) is 60.7 Å². The van der Waals surface area contributed by atoms with E-state index >= 15 is 0 Å². The maximum absolute atomic E-state index is 12.6. The second kappa shape index (κ2) is 7.65. The molecule has 1 N–H and O–H groups in total. The minimum atomic E-state index is -5.13. The van der Waals surface area contributed by atoms with Crippen LogP contribution < -0.4 is 5.32 Å². The zero-order chi connectivity index (χ0) is 22.1. The molecule has 0 aliphatic rings. The molecule has 30 heavy (non-hydrogen) atoms. The van der Waals surface area contributed by atoms with Gasteiger partial charge in [0, 0.05) is 17.2 Å². The van der Waals surface area contributed by atoms with Gasteiger partial charge in [0.25, 0.3) is 5.78 Å². The summed E-state index contributed by atoms with van der Waals surface area (Å²) in [6.07, 6.45) is -10.2. The number of ketones is 1. The Kier molecular flexibility index (Phi) is 5.38. The second-order valence-electron chi connectivity index (χ2n) is 6.02. The van der Waals surface area contributed by atoms with Crippen molar-refractivity contribution in [2.24, 2.45) is 0 Å². The van der Waals surface area contributed by atoms with Crippen LogP contribution in [0.1, 0.15) is 10.4 Å². The standard InChI is InChI=1S/C19H11F6N3O2/c20-18(21,22)16(29)12-6-8-13(9-7-12)28-14(11-4-2-1-3-5-11)10-15(27-28)26-17(30)19(23,24)25/h1-10H,(H,26,27,30). The van der Waals surface area contributed by atoms with E-state index < -0.39 is 35.4 Å². The highest BCUT2D eigenvalue weighted by Gasteiger charge is 2.40. The molecule has 156 valence electrons. The number of rotatable bonds is 4. The third kappa shape index (κ3) is 4.50. The van der Waals surface area contributed by atoms with Crippen molar-refractivity contribution in [3.05, 3.63) is 66.2 Å². The lowest BCUT2D eigenvalue weighted by Gasteiger charge is -2.09. The maximum Gasteiger partial charge on any atom is 0.471 e. The molecule has 3 aromatic rings. The third-order valence-corrected chi connectivity index (χ3v) is 3.91. The molecule has 5 nitrogen and oxygen atoms in total.